The lowest BCUT2D eigenvalue weighted by molar-refractivity contribution is 0.258. The van der Waals surface area contributed by atoms with E-state index in [0.717, 1.165) is 57.0 Å². The SMILES string of the molecule is C=C(CNCC1CC1)N1CCC(c2ccc(C)c(/C(=C(\CCC)c3cn4ncnc4c(C)c3CC)C(C)C)c2)CC1. The van der Waals surface area contributed by atoms with Crippen LogP contribution >= 0.6 is 0 Å². The van der Waals surface area contributed by atoms with Crippen LogP contribution in [0, 0.1) is 25.7 Å². The van der Waals surface area contributed by atoms with E-state index in [1.807, 2.05) is 4.52 Å². The zero-order valence-corrected chi connectivity index (χ0v) is 26.4. The number of aromatic nitrogens is 3. The number of pyridine rings is 1. The summed E-state index contributed by atoms with van der Waals surface area (Å²) in [6.07, 6.45) is 12.2. The molecule has 2 aromatic heterocycles. The Bertz CT molecular complexity index is 1400. The quantitative estimate of drug-likeness (QED) is 0.247. The first-order valence-corrected chi connectivity index (χ1v) is 16.1. The van der Waals surface area contributed by atoms with Crippen molar-refractivity contribution in [1.82, 2.24) is 24.8 Å². The van der Waals surface area contributed by atoms with Crippen LogP contribution in [0.3, 0.4) is 0 Å². The van der Waals surface area contributed by atoms with Crippen LogP contribution in [-0.4, -0.2) is 45.7 Å². The third-order valence-electron chi connectivity index (χ3n) is 9.44. The van der Waals surface area contributed by atoms with Gasteiger partial charge in [0.25, 0.3) is 0 Å². The first kappa shape index (κ1) is 29.6. The fourth-order valence-corrected chi connectivity index (χ4v) is 6.92. The van der Waals surface area contributed by atoms with Crippen molar-refractivity contribution in [3.05, 3.63) is 76.4 Å². The van der Waals surface area contributed by atoms with E-state index in [0.29, 0.717) is 11.8 Å². The van der Waals surface area contributed by atoms with E-state index in [1.165, 1.54) is 75.9 Å². The first-order chi connectivity index (χ1) is 19.8. The number of fused-ring (bicyclic) bond motifs is 1. The third-order valence-corrected chi connectivity index (χ3v) is 9.44. The molecule has 1 aliphatic carbocycles. The molecule has 2 aliphatic rings. The number of hydrogen-bond acceptors (Lipinski definition) is 4. The largest absolute Gasteiger partial charge is 0.374 e. The Labute approximate surface area is 248 Å². The molecule has 2 fully saturated rings. The highest BCUT2D eigenvalue weighted by molar-refractivity contribution is 5.93. The van der Waals surface area contributed by atoms with Crippen LogP contribution in [-0.2, 0) is 6.42 Å². The Hall–Kier alpha value is -2.92. The second kappa shape index (κ2) is 12.9. The van der Waals surface area contributed by atoms with Crippen molar-refractivity contribution in [3.63, 3.8) is 0 Å². The van der Waals surface area contributed by atoms with Gasteiger partial charge in [-0.3, -0.25) is 0 Å². The van der Waals surface area contributed by atoms with Gasteiger partial charge >= 0.3 is 0 Å². The van der Waals surface area contributed by atoms with Gasteiger partial charge in [-0.2, -0.15) is 5.10 Å². The Morgan fingerprint density at radius 2 is 1.83 bits per heavy atom. The van der Waals surface area contributed by atoms with Crippen LogP contribution in [0.25, 0.3) is 16.8 Å². The fraction of sp³-hybridized carbons (Fsp3) is 0.556. The normalized spacial score (nSPS) is 17.0. The molecule has 1 saturated heterocycles. The Morgan fingerprint density at radius 3 is 2.49 bits per heavy atom. The second-order valence-electron chi connectivity index (χ2n) is 12.8. The van der Waals surface area contributed by atoms with Crippen molar-refractivity contribution in [1.29, 1.82) is 0 Å². The number of nitrogens with one attached hydrogen (secondary N) is 1. The molecule has 0 spiro atoms. The lowest BCUT2D eigenvalue weighted by Gasteiger charge is -2.35. The van der Waals surface area contributed by atoms with Gasteiger partial charge in [0.05, 0.1) is 0 Å². The maximum Gasteiger partial charge on any atom is 0.158 e. The second-order valence-corrected chi connectivity index (χ2v) is 12.8. The summed E-state index contributed by atoms with van der Waals surface area (Å²) in [5.74, 6) is 1.92. The summed E-state index contributed by atoms with van der Waals surface area (Å²) in [5, 5.41) is 8.16. The average Bonchev–Trinajstić information content (AvgIpc) is 3.67. The van der Waals surface area contributed by atoms with E-state index in [2.05, 4.69) is 92.8 Å². The molecule has 5 nitrogen and oxygen atoms in total. The van der Waals surface area contributed by atoms with Gasteiger partial charge in [-0.05, 0) is 121 Å². The molecule has 0 bridgehead atoms. The Morgan fingerprint density at radius 1 is 1.07 bits per heavy atom. The molecular formula is C36H51N5. The zero-order valence-electron chi connectivity index (χ0n) is 26.4. The molecule has 0 radical (unpaired) electrons. The minimum absolute atomic E-state index is 0.412. The van der Waals surface area contributed by atoms with Gasteiger partial charge in [-0.15, -0.1) is 0 Å². The van der Waals surface area contributed by atoms with Crippen molar-refractivity contribution in [2.24, 2.45) is 11.8 Å². The van der Waals surface area contributed by atoms with Gasteiger partial charge in [0, 0.05) is 31.5 Å². The average molecular weight is 554 g/mol. The minimum atomic E-state index is 0.412. The fourth-order valence-electron chi connectivity index (χ4n) is 6.92. The lowest BCUT2D eigenvalue weighted by atomic mass is 9.80. The van der Waals surface area contributed by atoms with Crippen LogP contribution in [0.15, 0.2) is 43.0 Å². The summed E-state index contributed by atoms with van der Waals surface area (Å²) >= 11 is 0. The smallest absolute Gasteiger partial charge is 0.158 e. The van der Waals surface area contributed by atoms with Crippen molar-refractivity contribution in [3.8, 4) is 0 Å². The summed E-state index contributed by atoms with van der Waals surface area (Å²) < 4.78 is 1.98. The maximum atomic E-state index is 4.55. The molecule has 0 atom stereocenters. The molecule has 1 aliphatic heterocycles. The number of hydrogen-bond donors (Lipinski definition) is 1. The van der Waals surface area contributed by atoms with E-state index in [-0.39, 0.29) is 0 Å². The van der Waals surface area contributed by atoms with E-state index in [1.54, 1.807) is 6.33 Å². The summed E-state index contributed by atoms with van der Waals surface area (Å²) in [6.45, 7) is 22.5. The Kier molecular flexibility index (Phi) is 9.33. The van der Waals surface area contributed by atoms with Crippen LogP contribution in [0.5, 0.6) is 0 Å². The van der Waals surface area contributed by atoms with E-state index in [9.17, 15) is 0 Å². The highest BCUT2D eigenvalue weighted by Gasteiger charge is 2.25. The van der Waals surface area contributed by atoms with Gasteiger partial charge in [0.2, 0.25) is 0 Å². The van der Waals surface area contributed by atoms with Crippen molar-refractivity contribution in [2.45, 2.75) is 92.4 Å². The van der Waals surface area contributed by atoms with Crippen LogP contribution in [0.4, 0.5) is 0 Å². The molecule has 220 valence electrons. The molecule has 3 heterocycles. The lowest BCUT2D eigenvalue weighted by Crippen LogP contribution is -2.36. The number of likely N-dealkylation sites (tertiary alicyclic amines) is 1. The monoisotopic (exact) mass is 553 g/mol. The van der Waals surface area contributed by atoms with Gasteiger partial charge in [-0.25, -0.2) is 9.50 Å². The number of aryl methyl sites for hydroxylation is 2. The highest BCUT2D eigenvalue weighted by atomic mass is 15.3. The van der Waals surface area contributed by atoms with Crippen LogP contribution in [0.2, 0.25) is 0 Å². The molecule has 1 N–H and O–H groups in total. The summed E-state index contributed by atoms with van der Waals surface area (Å²) in [7, 11) is 0. The molecule has 5 heteroatoms. The van der Waals surface area contributed by atoms with Gasteiger partial charge in [-0.1, -0.05) is 58.9 Å². The standard InChI is InChI=1S/C36H51N5/c1-8-10-32(34-22-41-36(38-23-39-41)27(7)31(34)9-2)35(24(3)4)33-19-30(14-11-25(33)5)29-15-17-40(18-16-29)26(6)20-37-21-28-12-13-28/h11,14,19,22-24,28-29,37H,6,8-10,12-13,15-18,20-21H2,1-5,7H3/b35-32+. The summed E-state index contributed by atoms with van der Waals surface area (Å²) in [5.41, 5.74) is 13.5. The molecule has 0 unspecified atom stereocenters. The molecule has 5 rings (SSSR count). The maximum absolute atomic E-state index is 4.55. The molecular weight excluding hydrogens is 502 g/mol. The summed E-state index contributed by atoms with van der Waals surface area (Å²) in [4.78, 5) is 7.07. The molecule has 1 aromatic carbocycles. The molecule has 1 saturated carbocycles. The van der Waals surface area contributed by atoms with Gasteiger partial charge in [0.15, 0.2) is 5.65 Å². The van der Waals surface area contributed by atoms with Crippen LogP contribution in [0.1, 0.15) is 106 Å². The topological polar surface area (TPSA) is 45.5 Å². The highest BCUT2D eigenvalue weighted by Crippen LogP contribution is 2.40. The van der Waals surface area contributed by atoms with E-state index >= 15 is 0 Å². The number of benzene rings is 1. The molecule has 0 amide bonds. The third kappa shape index (κ3) is 6.45. The van der Waals surface area contributed by atoms with Crippen LogP contribution < -0.4 is 5.32 Å². The van der Waals surface area contributed by atoms with Crippen molar-refractivity contribution in [2.75, 3.05) is 26.2 Å². The van der Waals surface area contributed by atoms with E-state index in [4.69, 9.17) is 0 Å². The molecule has 3 aromatic rings. The van der Waals surface area contributed by atoms with Crippen molar-refractivity contribution < 1.29 is 0 Å². The van der Waals surface area contributed by atoms with E-state index < -0.39 is 0 Å². The number of nitrogens with zero attached hydrogens (tertiary/aromatic N) is 4. The van der Waals surface area contributed by atoms with Gasteiger partial charge < -0.3 is 10.2 Å². The number of rotatable bonds is 12. The number of allylic oxidation sites excluding steroid dienone is 2. The Balaban J connectivity index is 1.45. The molecule has 41 heavy (non-hydrogen) atoms. The first-order valence-electron chi connectivity index (χ1n) is 16.1. The van der Waals surface area contributed by atoms with Crippen molar-refractivity contribution >= 4 is 16.8 Å². The summed E-state index contributed by atoms with van der Waals surface area (Å²) in [6, 6.07) is 7.31. The zero-order chi connectivity index (χ0) is 29.1. The minimum Gasteiger partial charge on any atom is -0.374 e. The predicted molar refractivity (Wildman–Crippen MR) is 173 cm³/mol. The van der Waals surface area contributed by atoms with Gasteiger partial charge in [0.1, 0.15) is 6.33 Å². The predicted octanol–water partition coefficient (Wildman–Crippen LogP) is 7.97. The number of piperidine rings is 1.